The first-order valence-electron chi connectivity index (χ1n) is 13.0. The van der Waals surface area contributed by atoms with Gasteiger partial charge in [-0.3, -0.25) is 18.9 Å². The predicted molar refractivity (Wildman–Crippen MR) is 147 cm³/mol. The minimum atomic E-state index is -4.66. The minimum absolute atomic E-state index is 0.0204. The van der Waals surface area contributed by atoms with Gasteiger partial charge in [-0.15, -0.1) is 11.3 Å². The number of alkyl halides is 6. The summed E-state index contributed by atoms with van der Waals surface area (Å²) in [5.41, 5.74) is 0.145. The lowest BCUT2D eigenvalue weighted by molar-refractivity contribution is -0.203. The molecule has 0 saturated heterocycles. The van der Waals surface area contributed by atoms with Crippen LogP contribution in [0.5, 0.6) is 5.75 Å². The van der Waals surface area contributed by atoms with E-state index in [0.29, 0.717) is 58.8 Å². The first-order chi connectivity index (χ1) is 19.7. The van der Waals surface area contributed by atoms with Crippen molar-refractivity contribution in [3.8, 4) is 16.9 Å². The van der Waals surface area contributed by atoms with Crippen molar-refractivity contribution in [3.63, 3.8) is 0 Å². The van der Waals surface area contributed by atoms with E-state index in [1.165, 1.54) is 6.20 Å². The van der Waals surface area contributed by atoms with Crippen LogP contribution in [-0.2, 0) is 13.1 Å². The van der Waals surface area contributed by atoms with E-state index >= 15 is 0 Å². The van der Waals surface area contributed by atoms with Crippen LogP contribution in [0, 0.1) is 12.8 Å². The predicted octanol–water partition coefficient (Wildman–Crippen LogP) is 7.36. The summed E-state index contributed by atoms with van der Waals surface area (Å²) in [6.45, 7) is -0.149. The van der Waals surface area contributed by atoms with Crippen LogP contribution in [0.2, 0.25) is 5.02 Å². The summed E-state index contributed by atoms with van der Waals surface area (Å²) in [5.74, 6) is -1.34. The molecule has 2 atom stereocenters. The molecule has 0 N–H and O–H groups in total. The number of hydrogen-bond donors (Lipinski definition) is 0. The third-order valence-corrected chi connectivity index (χ3v) is 8.55. The molecule has 224 valence electrons. The second kappa shape index (κ2) is 11.4. The van der Waals surface area contributed by atoms with Crippen molar-refractivity contribution in [2.75, 3.05) is 0 Å². The van der Waals surface area contributed by atoms with Gasteiger partial charge in [0, 0.05) is 39.5 Å². The fraction of sp³-hybridized carbons (Fsp3) is 0.393. The van der Waals surface area contributed by atoms with E-state index in [9.17, 15) is 35.9 Å². The maximum absolute atomic E-state index is 13.8. The highest BCUT2D eigenvalue weighted by Crippen LogP contribution is 2.45. The molecule has 2 unspecified atom stereocenters. The molecule has 4 aromatic rings. The van der Waals surface area contributed by atoms with Gasteiger partial charge in [0.05, 0.1) is 22.7 Å². The van der Waals surface area contributed by atoms with Gasteiger partial charge in [0.25, 0.3) is 5.56 Å². The van der Waals surface area contributed by atoms with Gasteiger partial charge in [0.1, 0.15) is 18.4 Å². The smallest absolute Gasteiger partial charge is 0.406 e. The monoisotopic (exact) mass is 631 g/mol. The molecule has 3 heterocycles. The average Bonchev–Trinajstić information content (AvgIpc) is 3.31. The third-order valence-electron chi connectivity index (χ3n) is 7.19. The Balaban J connectivity index is 1.56. The number of benzene rings is 1. The topological polar surface area (TPSA) is 66.1 Å². The van der Waals surface area contributed by atoms with Crippen LogP contribution in [0.1, 0.15) is 36.1 Å². The van der Waals surface area contributed by atoms with Gasteiger partial charge in [0.2, 0.25) is 0 Å². The quantitative estimate of drug-likeness (QED) is 0.209. The molecule has 0 aliphatic heterocycles. The van der Waals surface area contributed by atoms with Gasteiger partial charge in [-0.05, 0) is 56.0 Å². The Morgan fingerprint density at radius 1 is 1.05 bits per heavy atom. The molecule has 0 radical (unpaired) electrons. The first-order valence-corrected chi connectivity index (χ1v) is 14.2. The number of hydrogen-bond acceptors (Lipinski definition) is 5. The summed E-state index contributed by atoms with van der Waals surface area (Å²) in [6, 6.07) is 7.36. The zero-order valence-corrected chi connectivity index (χ0v) is 23.6. The summed E-state index contributed by atoms with van der Waals surface area (Å²) < 4.78 is 88.0. The Labute approximate surface area is 244 Å². The summed E-state index contributed by atoms with van der Waals surface area (Å²) in [6.07, 6.45) is -6.54. The summed E-state index contributed by atoms with van der Waals surface area (Å²) in [4.78, 5) is 29.9. The van der Waals surface area contributed by atoms with Crippen molar-refractivity contribution in [2.45, 2.75) is 64.2 Å². The Morgan fingerprint density at radius 2 is 1.79 bits per heavy atom. The molecule has 1 fully saturated rings. The number of thiophene rings is 1. The number of nitrogens with zero attached hydrogens (tertiary/aromatic N) is 3. The van der Waals surface area contributed by atoms with E-state index in [1.54, 1.807) is 31.2 Å². The van der Waals surface area contributed by atoms with Crippen LogP contribution >= 0.6 is 22.9 Å². The Kier molecular flexibility index (Phi) is 8.18. The van der Waals surface area contributed by atoms with Gasteiger partial charge in [0.15, 0.2) is 0 Å². The lowest BCUT2D eigenvalue weighted by atomic mass is 9.85. The fourth-order valence-electron chi connectivity index (χ4n) is 5.30. The second-order valence-corrected chi connectivity index (χ2v) is 11.8. The first kappa shape index (κ1) is 30.1. The van der Waals surface area contributed by atoms with Crippen LogP contribution in [0.3, 0.4) is 0 Å². The van der Waals surface area contributed by atoms with Crippen molar-refractivity contribution in [1.29, 1.82) is 0 Å². The number of rotatable bonds is 6. The molecule has 1 aliphatic carbocycles. The molecule has 0 amide bonds. The highest BCUT2D eigenvalue weighted by Gasteiger charge is 2.47. The molecular formula is C28H24ClF6N3O3S. The number of fused-ring (bicyclic) bond motifs is 1. The summed E-state index contributed by atoms with van der Waals surface area (Å²) in [5, 5.41) is 0.341. The SMILES string of the molecule is Cc1cc(Cl)cc(-c2ccnc3cc(Cn4c(=O)ccn(CC(F)(F)F)c4=O)sc23)c1OC1CCCCC1C(F)(F)F. The zero-order valence-electron chi connectivity index (χ0n) is 22.1. The molecule has 0 spiro atoms. The zero-order chi connectivity index (χ0) is 30.4. The van der Waals surface area contributed by atoms with Gasteiger partial charge in [-0.2, -0.15) is 26.3 Å². The molecular weight excluding hydrogens is 608 g/mol. The van der Waals surface area contributed by atoms with E-state index in [-0.39, 0.29) is 25.1 Å². The lowest BCUT2D eigenvalue weighted by Crippen LogP contribution is -2.41. The van der Waals surface area contributed by atoms with E-state index in [0.717, 1.165) is 23.6 Å². The number of halogens is 7. The highest BCUT2D eigenvalue weighted by atomic mass is 35.5. The maximum atomic E-state index is 13.8. The van der Waals surface area contributed by atoms with Crippen molar-refractivity contribution in [3.05, 3.63) is 79.0 Å². The molecule has 14 heteroatoms. The third kappa shape index (κ3) is 6.36. The van der Waals surface area contributed by atoms with E-state index in [1.807, 2.05) is 0 Å². The Morgan fingerprint density at radius 3 is 2.50 bits per heavy atom. The van der Waals surface area contributed by atoms with Crippen LogP contribution in [0.15, 0.2) is 52.3 Å². The van der Waals surface area contributed by atoms with E-state index in [4.69, 9.17) is 16.3 Å². The molecule has 42 heavy (non-hydrogen) atoms. The summed E-state index contributed by atoms with van der Waals surface area (Å²) in [7, 11) is 0. The van der Waals surface area contributed by atoms with Gasteiger partial charge < -0.3 is 4.74 Å². The Bertz CT molecular complexity index is 1740. The fourth-order valence-corrected chi connectivity index (χ4v) is 6.70. The maximum Gasteiger partial charge on any atom is 0.406 e. The van der Waals surface area contributed by atoms with Crippen LogP contribution in [0.4, 0.5) is 26.3 Å². The van der Waals surface area contributed by atoms with Crippen molar-refractivity contribution in [1.82, 2.24) is 14.1 Å². The number of ether oxygens (including phenoxy) is 1. The molecule has 3 aromatic heterocycles. The average molecular weight is 632 g/mol. The highest BCUT2D eigenvalue weighted by molar-refractivity contribution is 7.19. The minimum Gasteiger partial charge on any atom is -0.489 e. The molecule has 1 aliphatic rings. The molecule has 1 aromatic carbocycles. The number of aromatic nitrogens is 3. The van der Waals surface area contributed by atoms with Crippen LogP contribution < -0.4 is 16.0 Å². The largest absolute Gasteiger partial charge is 0.489 e. The molecule has 6 nitrogen and oxygen atoms in total. The lowest BCUT2D eigenvalue weighted by Gasteiger charge is -2.34. The van der Waals surface area contributed by atoms with Crippen LogP contribution in [0.25, 0.3) is 21.3 Å². The van der Waals surface area contributed by atoms with Gasteiger partial charge in [-0.1, -0.05) is 18.0 Å². The van der Waals surface area contributed by atoms with Gasteiger partial charge in [-0.25, -0.2) is 4.79 Å². The van der Waals surface area contributed by atoms with Crippen molar-refractivity contribution in [2.24, 2.45) is 5.92 Å². The van der Waals surface area contributed by atoms with Crippen LogP contribution in [-0.4, -0.2) is 32.6 Å². The normalized spacial score (nSPS) is 18.0. The van der Waals surface area contributed by atoms with E-state index < -0.39 is 42.2 Å². The molecule has 0 bridgehead atoms. The standard InChI is InChI=1S/C28H24ClF6N3O3S/c1-15-10-16(29)11-19(24(15)41-22-5-3-2-4-20(22)28(33,34)35)18-6-8-36-21-12-17(42-25(18)21)13-38-23(39)7-9-37(26(38)40)14-27(30,31)32/h6-12,20,22H,2-5,13-14H2,1H3. The number of pyridine rings is 1. The van der Waals surface area contributed by atoms with E-state index in [2.05, 4.69) is 4.98 Å². The second-order valence-electron chi connectivity index (χ2n) is 10.2. The molecule has 5 rings (SSSR count). The van der Waals surface area contributed by atoms with Gasteiger partial charge >= 0.3 is 18.0 Å². The van der Waals surface area contributed by atoms with Crippen molar-refractivity contribution < 1.29 is 31.1 Å². The number of aryl methyl sites for hydroxylation is 1. The molecule has 1 saturated carbocycles. The van der Waals surface area contributed by atoms with Crippen molar-refractivity contribution >= 4 is 33.2 Å². The Hall–Kier alpha value is -3.32. The summed E-state index contributed by atoms with van der Waals surface area (Å²) >= 11 is 7.52.